The minimum Gasteiger partial charge on any atom is -0.391 e. The molecule has 0 aliphatic rings. The van der Waals surface area contributed by atoms with Gasteiger partial charge >= 0.3 is 0 Å². The molecule has 0 saturated carbocycles. The fraction of sp³-hybridized carbons (Fsp3) is 0.455. The van der Waals surface area contributed by atoms with Crippen molar-refractivity contribution in [2.75, 3.05) is 0 Å². The third-order valence-corrected chi connectivity index (χ3v) is 2.82. The number of benzene rings is 1. The van der Waals surface area contributed by atoms with Crippen molar-refractivity contribution in [3.05, 3.63) is 34.1 Å². The molecule has 0 aliphatic heterocycles. The molecule has 0 amide bonds. The Kier molecular flexibility index (Phi) is 6.26. The summed E-state index contributed by atoms with van der Waals surface area (Å²) in [6.07, 6.45) is -0.316. The molecule has 0 saturated heterocycles. The summed E-state index contributed by atoms with van der Waals surface area (Å²) in [4.78, 5) is 0. The molecule has 0 unspecified atom stereocenters. The minimum atomic E-state index is -0.779. The Morgan fingerprint density at radius 2 is 2.06 bits per heavy atom. The zero-order chi connectivity index (χ0) is 11.6. The van der Waals surface area contributed by atoms with Gasteiger partial charge in [0.2, 0.25) is 0 Å². The van der Waals surface area contributed by atoms with Crippen molar-refractivity contribution in [1.82, 2.24) is 0 Å². The second-order valence-corrected chi connectivity index (χ2v) is 4.00. The van der Waals surface area contributed by atoms with Gasteiger partial charge in [-0.05, 0) is 25.0 Å². The molecule has 16 heavy (non-hydrogen) atoms. The van der Waals surface area contributed by atoms with Crippen LogP contribution >= 0.6 is 24.0 Å². The monoisotopic (exact) mass is 267 g/mol. The summed E-state index contributed by atoms with van der Waals surface area (Å²) in [6.45, 7) is 3.42. The van der Waals surface area contributed by atoms with E-state index in [4.69, 9.17) is 17.3 Å². The number of aliphatic hydroxyl groups excluding tert-OH is 1. The molecule has 92 valence electrons. The van der Waals surface area contributed by atoms with Crippen LogP contribution in [0.5, 0.6) is 0 Å². The van der Waals surface area contributed by atoms with E-state index < -0.39 is 18.0 Å². The van der Waals surface area contributed by atoms with Crippen molar-refractivity contribution in [2.45, 2.75) is 32.4 Å². The molecule has 0 aliphatic carbocycles. The first-order valence-corrected chi connectivity index (χ1v) is 5.25. The van der Waals surface area contributed by atoms with Crippen LogP contribution in [0, 0.1) is 12.7 Å². The Labute approximate surface area is 106 Å². The van der Waals surface area contributed by atoms with Crippen molar-refractivity contribution in [3.63, 3.8) is 0 Å². The van der Waals surface area contributed by atoms with E-state index in [9.17, 15) is 9.50 Å². The van der Waals surface area contributed by atoms with Gasteiger partial charge in [0.1, 0.15) is 5.82 Å². The fourth-order valence-electron chi connectivity index (χ4n) is 1.43. The van der Waals surface area contributed by atoms with Crippen LogP contribution < -0.4 is 5.73 Å². The first-order chi connectivity index (χ1) is 6.99. The smallest absolute Gasteiger partial charge is 0.132 e. The maximum atomic E-state index is 13.7. The molecular weight excluding hydrogens is 252 g/mol. The number of hydrogen-bond acceptors (Lipinski definition) is 2. The largest absolute Gasteiger partial charge is 0.391 e. The number of hydrogen-bond donors (Lipinski definition) is 2. The van der Waals surface area contributed by atoms with Gasteiger partial charge in [-0.25, -0.2) is 4.39 Å². The second-order valence-electron chi connectivity index (χ2n) is 3.59. The van der Waals surface area contributed by atoms with Crippen LogP contribution in [0.1, 0.15) is 30.5 Å². The molecule has 0 spiro atoms. The van der Waals surface area contributed by atoms with E-state index in [1.54, 1.807) is 26.0 Å². The highest BCUT2D eigenvalue weighted by atomic mass is 35.5. The Morgan fingerprint density at radius 1 is 1.50 bits per heavy atom. The highest BCUT2D eigenvalue weighted by Gasteiger charge is 2.22. The standard InChI is InChI=1S/C11H15ClFNO.ClH/c1-3-8(15)11(14)9-7(12)5-4-6(2)10(9)13;/h4-5,8,11,15H,3,14H2,1-2H3;1H/t8-,11-;/m0./s1. The van der Waals surface area contributed by atoms with E-state index in [1.165, 1.54) is 0 Å². The molecule has 0 bridgehead atoms. The van der Waals surface area contributed by atoms with Crippen LogP contribution in [0.3, 0.4) is 0 Å². The van der Waals surface area contributed by atoms with E-state index in [-0.39, 0.29) is 23.0 Å². The van der Waals surface area contributed by atoms with Crippen molar-refractivity contribution in [3.8, 4) is 0 Å². The third kappa shape index (κ3) is 3.08. The number of aliphatic hydroxyl groups is 1. The van der Waals surface area contributed by atoms with Crippen LogP contribution in [0.2, 0.25) is 5.02 Å². The highest BCUT2D eigenvalue weighted by molar-refractivity contribution is 6.31. The third-order valence-electron chi connectivity index (χ3n) is 2.49. The number of aryl methyl sites for hydroxylation is 1. The summed E-state index contributed by atoms with van der Waals surface area (Å²) in [5.41, 5.74) is 6.42. The molecule has 5 heteroatoms. The molecular formula is C11H16Cl2FNO. The lowest BCUT2D eigenvalue weighted by Gasteiger charge is -2.20. The fourth-order valence-corrected chi connectivity index (χ4v) is 1.70. The zero-order valence-electron chi connectivity index (χ0n) is 9.21. The molecule has 2 nitrogen and oxygen atoms in total. The average Bonchev–Trinajstić information content (AvgIpc) is 2.22. The molecule has 1 aromatic rings. The van der Waals surface area contributed by atoms with Gasteiger partial charge < -0.3 is 10.8 Å². The van der Waals surface area contributed by atoms with Gasteiger partial charge in [0.25, 0.3) is 0 Å². The molecule has 2 atom stereocenters. The summed E-state index contributed by atoms with van der Waals surface area (Å²) in [7, 11) is 0. The number of rotatable bonds is 3. The van der Waals surface area contributed by atoms with E-state index in [0.29, 0.717) is 12.0 Å². The average molecular weight is 268 g/mol. The van der Waals surface area contributed by atoms with Crippen LogP contribution in [0.4, 0.5) is 4.39 Å². The Bertz CT molecular complexity index is 360. The lowest BCUT2D eigenvalue weighted by Crippen LogP contribution is -2.27. The molecule has 3 N–H and O–H groups in total. The van der Waals surface area contributed by atoms with Gasteiger partial charge in [0.15, 0.2) is 0 Å². The summed E-state index contributed by atoms with van der Waals surface area (Å²) in [5.74, 6) is -0.428. The molecule has 0 heterocycles. The number of nitrogens with two attached hydrogens (primary N) is 1. The van der Waals surface area contributed by atoms with Gasteiger partial charge in [-0.3, -0.25) is 0 Å². The van der Waals surface area contributed by atoms with Gasteiger partial charge in [-0.15, -0.1) is 12.4 Å². The van der Waals surface area contributed by atoms with Gasteiger partial charge in [-0.2, -0.15) is 0 Å². The Balaban J connectivity index is 0.00000225. The highest BCUT2D eigenvalue weighted by Crippen LogP contribution is 2.29. The summed E-state index contributed by atoms with van der Waals surface area (Å²) < 4.78 is 13.7. The molecule has 1 aromatic carbocycles. The van der Waals surface area contributed by atoms with Gasteiger partial charge in [0.05, 0.1) is 12.1 Å². The lowest BCUT2D eigenvalue weighted by molar-refractivity contribution is 0.139. The van der Waals surface area contributed by atoms with E-state index in [2.05, 4.69) is 0 Å². The van der Waals surface area contributed by atoms with Gasteiger partial charge in [0, 0.05) is 10.6 Å². The lowest BCUT2D eigenvalue weighted by atomic mass is 9.98. The zero-order valence-corrected chi connectivity index (χ0v) is 10.8. The molecule has 0 radical (unpaired) electrons. The maximum Gasteiger partial charge on any atom is 0.132 e. The van der Waals surface area contributed by atoms with Crippen LogP contribution in [0.25, 0.3) is 0 Å². The van der Waals surface area contributed by atoms with E-state index >= 15 is 0 Å². The van der Waals surface area contributed by atoms with Crippen LogP contribution in [-0.4, -0.2) is 11.2 Å². The van der Waals surface area contributed by atoms with Crippen LogP contribution in [0.15, 0.2) is 12.1 Å². The normalized spacial score (nSPS) is 14.1. The van der Waals surface area contributed by atoms with Crippen molar-refractivity contribution in [1.29, 1.82) is 0 Å². The first kappa shape index (κ1) is 15.7. The summed E-state index contributed by atoms with van der Waals surface area (Å²) in [5, 5.41) is 9.83. The van der Waals surface area contributed by atoms with Crippen molar-refractivity contribution in [2.24, 2.45) is 5.73 Å². The Morgan fingerprint density at radius 3 is 2.56 bits per heavy atom. The first-order valence-electron chi connectivity index (χ1n) is 4.87. The summed E-state index contributed by atoms with van der Waals surface area (Å²) in [6, 6.07) is 2.41. The molecule has 0 fully saturated rings. The van der Waals surface area contributed by atoms with Crippen molar-refractivity contribution < 1.29 is 9.50 Å². The molecule has 1 rings (SSSR count). The quantitative estimate of drug-likeness (QED) is 0.885. The second kappa shape index (κ2) is 6.40. The predicted molar refractivity (Wildman–Crippen MR) is 66.6 cm³/mol. The summed E-state index contributed by atoms with van der Waals surface area (Å²) >= 11 is 5.87. The van der Waals surface area contributed by atoms with Gasteiger partial charge in [-0.1, -0.05) is 24.6 Å². The maximum absolute atomic E-state index is 13.7. The van der Waals surface area contributed by atoms with E-state index in [1.807, 2.05) is 0 Å². The predicted octanol–water partition coefficient (Wildman–Crippen LogP) is 2.98. The number of halogens is 3. The SMILES string of the molecule is CC[C@H](O)[C@H](N)c1c(Cl)ccc(C)c1F.Cl. The topological polar surface area (TPSA) is 46.2 Å². The van der Waals surface area contributed by atoms with Crippen molar-refractivity contribution >= 4 is 24.0 Å². The van der Waals surface area contributed by atoms with Crippen LogP contribution in [-0.2, 0) is 0 Å². The molecule has 0 aromatic heterocycles. The minimum absolute atomic E-state index is 0. The Hall–Kier alpha value is -0.350. The van der Waals surface area contributed by atoms with E-state index in [0.717, 1.165) is 0 Å².